The van der Waals surface area contributed by atoms with Gasteiger partial charge in [-0.15, -0.1) is 0 Å². The lowest BCUT2D eigenvalue weighted by molar-refractivity contribution is -0.120. The highest BCUT2D eigenvalue weighted by Gasteiger charge is 2.25. The predicted octanol–water partition coefficient (Wildman–Crippen LogP) is 0.285. The molecule has 3 N–H and O–H groups in total. The van der Waals surface area contributed by atoms with Crippen LogP contribution in [-0.4, -0.2) is 30.2 Å². The molecule has 86 valence electrons. The van der Waals surface area contributed by atoms with Gasteiger partial charge in [0.25, 0.3) is 0 Å². The molecule has 1 heterocycles. The molecule has 0 radical (unpaired) electrons. The molecule has 1 aromatic carbocycles. The Morgan fingerprint density at radius 3 is 3.00 bits per heavy atom. The van der Waals surface area contributed by atoms with Crippen molar-refractivity contribution in [1.82, 2.24) is 0 Å². The Balaban J connectivity index is 2.10. The molecule has 0 saturated carbocycles. The van der Waals surface area contributed by atoms with Crippen molar-refractivity contribution >= 4 is 11.6 Å². The number of carbonyl (C=O) groups is 1. The second-order valence-electron chi connectivity index (χ2n) is 4.02. The summed E-state index contributed by atoms with van der Waals surface area (Å²) in [5.74, 6) is -0.0529. The van der Waals surface area contributed by atoms with Gasteiger partial charge in [-0.05, 0) is 18.1 Å². The Hall–Kier alpha value is -1.39. The summed E-state index contributed by atoms with van der Waals surface area (Å²) in [6.45, 7) is 0.830. The lowest BCUT2D eigenvalue weighted by Crippen LogP contribution is -2.34. The van der Waals surface area contributed by atoms with Crippen molar-refractivity contribution in [2.24, 2.45) is 5.73 Å². The minimum atomic E-state index is -0.736. The van der Waals surface area contributed by atoms with Gasteiger partial charge in [-0.25, -0.2) is 0 Å². The van der Waals surface area contributed by atoms with Gasteiger partial charge < -0.3 is 15.7 Å². The normalized spacial score (nSPS) is 16.0. The molecule has 0 aliphatic carbocycles. The van der Waals surface area contributed by atoms with E-state index in [4.69, 9.17) is 5.73 Å². The van der Waals surface area contributed by atoms with E-state index in [-0.39, 0.29) is 18.9 Å². The fourth-order valence-corrected chi connectivity index (χ4v) is 1.99. The quantitative estimate of drug-likeness (QED) is 0.769. The van der Waals surface area contributed by atoms with E-state index < -0.39 is 6.10 Å². The van der Waals surface area contributed by atoms with Crippen LogP contribution < -0.4 is 10.6 Å². The van der Waals surface area contributed by atoms with E-state index in [1.807, 2.05) is 24.3 Å². The van der Waals surface area contributed by atoms with Crippen LogP contribution >= 0.6 is 0 Å². The molecule has 0 aromatic heterocycles. The molecule has 1 amide bonds. The number of anilines is 1. The second-order valence-corrected chi connectivity index (χ2v) is 4.02. The van der Waals surface area contributed by atoms with Crippen molar-refractivity contribution in [2.75, 3.05) is 18.0 Å². The highest BCUT2D eigenvalue weighted by molar-refractivity contribution is 5.95. The Morgan fingerprint density at radius 1 is 1.50 bits per heavy atom. The van der Waals surface area contributed by atoms with Gasteiger partial charge in [0.15, 0.2) is 0 Å². The molecule has 1 unspecified atom stereocenters. The molecule has 1 aromatic rings. The van der Waals surface area contributed by atoms with E-state index in [2.05, 4.69) is 0 Å². The minimum Gasteiger partial charge on any atom is -0.391 e. The van der Waals surface area contributed by atoms with Crippen molar-refractivity contribution in [3.05, 3.63) is 29.8 Å². The highest BCUT2D eigenvalue weighted by Crippen LogP contribution is 2.27. The largest absolute Gasteiger partial charge is 0.391 e. The van der Waals surface area contributed by atoms with Gasteiger partial charge in [-0.3, -0.25) is 4.79 Å². The number of benzene rings is 1. The summed E-state index contributed by atoms with van der Waals surface area (Å²) in [5.41, 5.74) is 7.45. The predicted molar refractivity (Wildman–Crippen MR) is 62.2 cm³/mol. The maximum Gasteiger partial charge on any atom is 0.229 e. The standard InChI is InChI=1S/C12H16N2O2/c13-8-10(15)7-12(16)14-6-5-9-3-1-2-4-11(9)14/h1-4,10,15H,5-8,13H2. The molecule has 1 aliphatic rings. The van der Waals surface area contributed by atoms with Crippen molar-refractivity contribution in [1.29, 1.82) is 0 Å². The third kappa shape index (κ3) is 2.08. The minimum absolute atomic E-state index is 0.0529. The third-order valence-electron chi connectivity index (χ3n) is 2.87. The third-order valence-corrected chi connectivity index (χ3v) is 2.87. The average Bonchev–Trinajstić information content (AvgIpc) is 2.72. The van der Waals surface area contributed by atoms with E-state index in [0.29, 0.717) is 6.54 Å². The molecule has 16 heavy (non-hydrogen) atoms. The van der Waals surface area contributed by atoms with Crippen LogP contribution in [0.1, 0.15) is 12.0 Å². The number of carbonyl (C=O) groups excluding carboxylic acids is 1. The van der Waals surface area contributed by atoms with Crippen molar-refractivity contribution < 1.29 is 9.90 Å². The average molecular weight is 220 g/mol. The fourth-order valence-electron chi connectivity index (χ4n) is 1.99. The Kier molecular flexibility index (Phi) is 3.22. The number of rotatable bonds is 3. The van der Waals surface area contributed by atoms with Crippen molar-refractivity contribution in [3.8, 4) is 0 Å². The lowest BCUT2D eigenvalue weighted by atomic mass is 10.2. The summed E-state index contributed by atoms with van der Waals surface area (Å²) in [6.07, 6.45) is 0.256. The molecular weight excluding hydrogens is 204 g/mol. The van der Waals surface area contributed by atoms with E-state index in [0.717, 1.165) is 12.1 Å². The first-order valence-electron chi connectivity index (χ1n) is 5.48. The number of para-hydroxylation sites is 1. The van der Waals surface area contributed by atoms with Crippen LogP contribution in [0.15, 0.2) is 24.3 Å². The SMILES string of the molecule is NCC(O)CC(=O)N1CCc2ccccc21. The summed E-state index contributed by atoms with van der Waals surface area (Å²) < 4.78 is 0. The second kappa shape index (κ2) is 4.63. The molecule has 0 saturated heterocycles. The molecule has 4 nitrogen and oxygen atoms in total. The zero-order chi connectivity index (χ0) is 11.5. The number of nitrogens with two attached hydrogens (primary N) is 1. The number of amides is 1. The number of hydrogen-bond donors (Lipinski definition) is 2. The van der Waals surface area contributed by atoms with Gasteiger partial charge in [0.1, 0.15) is 0 Å². The topological polar surface area (TPSA) is 66.6 Å². The van der Waals surface area contributed by atoms with Crippen LogP contribution in [0, 0.1) is 0 Å². The van der Waals surface area contributed by atoms with Gasteiger partial charge in [-0.2, -0.15) is 0 Å². The lowest BCUT2D eigenvalue weighted by Gasteiger charge is -2.18. The first-order valence-corrected chi connectivity index (χ1v) is 5.48. The molecule has 0 fully saturated rings. The molecule has 0 spiro atoms. The summed E-state index contributed by atoms with van der Waals surface area (Å²) in [4.78, 5) is 13.6. The Labute approximate surface area is 94.7 Å². The fraction of sp³-hybridized carbons (Fsp3) is 0.417. The molecule has 4 heteroatoms. The number of aliphatic hydroxyl groups is 1. The van der Waals surface area contributed by atoms with E-state index in [1.54, 1.807) is 4.90 Å². The van der Waals surface area contributed by atoms with Crippen molar-refractivity contribution in [3.63, 3.8) is 0 Å². The monoisotopic (exact) mass is 220 g/mol. The van der Waals surface area contributed by atoms with Gasteiger partial charge >= 0.3 is 0 Å². The zero-order valence-corrected chi connectivity index (χ0v) is 9.10. The number of hydrogen-bond acceptors (Lipinski definition) is 3. The summed E-state index contributed by atoms with van der Waals surface area (Å²) >= 11 is 0. The Morgan fingerprint density at radius 2 is 2.25 bits per heavy atom. The van der Waals surface area contributed by atoms with E-state index >= 15 is 0 Å². The van der Waals surface area contributed by atoms with Crippen LogP contribution in [0.2, 0.25) is 0 Å². The van der Waals surface area contributed by atoms with Gasteiger partial charge in [0.05, 0.1) is 12.5 Å². The van der Waals surface area contributed by atoms with Crippen molar-refractivity contribution in [2.45, 2.75) is 18.9 Å². The molecule has 0 bridgehead atoms. The smallest absolute Gasteiger partial charge is 0.229 e. The zero-order valence-electron chi connectivity index (χ0n) is 9.10. The first kappa shape index (κ1) is 11.1. The van der Waals surface area contributed by atoms with Crippen LogP contribution in [0.25, 0.3) is 0 Å². The van der Waals surface area contributed by atoms with Crippen LogP contribution in [-0.2, 0) is 11.2 Å². The number of nitrogens with zero attached hydrogens (tertiary/aromatic N) is 1. The number of aliphatic hydroxyl groups excluding tert-OH is 1. The van der Waals surface area contributed by atoms with E-state index in [9.17, 15) is 9.90 Å². The van der Waals surface area contributed by atoms with E-state index in [1.165, 1.54) is 5.56 Å². The van der Waals surface area contributed by atoms with Gasteiger partial charge in [0.2, 0.25) is 5.91 Å². The molecule has 1 atom stereocenters. The summed E-state index contributed by atoms with van der Waals surface area (Å²) in [6, 6.07) is 7.86. The van der Waals surface area contributed by atoms with Crippen LogP contribution in [0.4, 0.5) is 5.69 Å². The maximum absolute atomic E-state index is 11.9. The number of fused-ring (bicyclic) bond motifs is 1. The van der Waals surface area contributed by atoms with Gasteiger partial charge in [-0.1, -0.05) is 18.2 Å². The van der Waals surface area contributed by atoms with Crippen LogP contribution in [0.5, 0.6) is 0 Å². The summed E-state index contributed by atoms with van der Waals surface area (Å²) in [5, 5.41) is 9.36. The maximum atomic E-state index is 11.9. The summed E-state index contributed by atoms with van der Waals surface area (Å²) in [7, 11) is 0. The highest BCUT2D eigenvalue weighted by atomic mass is 16.3. The molecule has 2 rings (SSSR count). The van der Waals surface area contributed by atoms with Gasteiger partial charge in [0, 0.05) is 18.8 Å². The van der Waals surface area contributed by atoms with Crippen LogP contribution in [0.3, 0.4) is 0 Å². The Bertz CT molecular complexity index is 392. The molecular formula is C12H16N2O2. The first-order chi connectivity index (χ1) is 7.72. The molecule has 1 aliphatic heterocycles.